The number of amides is 1. The highest BCUT2D eigenvalue weighted by Gasteiger charge is 2.22. The lowest BCUT2D eigenvalue weighted by Gasteiger charge is -2.10. The molecule has 25 heavy (non-hydrogen) atoms. The average Bonchev–Trinajstić information content (AvgIpc) is 3.30. The molecule has 128 valence electrons. The van der Waals surface area contributed by atoms with E-state index in [0.29, 0.717) is 33.0 Å². The molecule has 0 aromatic carbocycles. The number of anilines is 1. The minimum Gasteiger partial charge on any atom is -0.461 e. The van der Waals surface area contributed by atoms with Crippen LogP contribution >= 0.6 is 23.1 Å². The molecule has 0 aliphatic heterocycles. The first kappa shape index (κ1) is 16.3. The quantitative estimate of drug-likeness (QED) is 0.551. The predicted octanol–water partition coefficient (Wildman–Crippen LogP) is 3.96. The summed E-state index contributed by atoms with van der Waals surface area (Å²) in [6.07, 6.45) is 6.67. The van der Waals surface area contributed by atoms with Gasteiger partial charge in [-0.25, -0.2) is 15.0 Å². The maximum absolute atomic E-state index is 12.8. The second kappa shape index (κ2) is 6.61. The number of hydrogen-bond donors (Lipinski definition) is 1. The van der Waals surface area contributed by atoms with Crippen LogP contribution in [-0.4, -0.2) is 27.1 Å². The predicted molar refractivity (Wildman–Crippen MR) is 98.3 cm³/mol. The molecule has 0 spiro atoms. The third kappa shape index (κ3) is 3.07. The fourth-order valence-electron chi connectivity index (χ4n) is 2.88. The summed E-state index contributed by atoms with van der Waals surface area (Å²) in [6, 6.07) is 3.59. The van der Waals surface area contributed by atoms with Gasteiger partial charge >= 0.3 is 0 Å². The topological polar surface area (TPSA) is 80.9 Å². The lowest BCUT2D eigenvalue weighted by Crippen LogP contribution is -2.17. The lowest BCUT2D eigenvalue weighted by atomic mass is 10.2. The summed E-state index contributed by atoms with van der Waals surface area (Å²) < 4.78 is 5.36. The zero-order valence-electron chi connectivity index (χ0n) is 13.8. The number of furan rings is 1. The van der Waals surface area contributed by atoms with Crippen LogP contribution in [0, 0.1) is 6.92 Å². The van der Waals surface area contributed by atoms with Crippen LogP contribution in [0.4, 0.5) is 5.13 Å². The largest absolute Gasteiger partial charge is 0.461 e. The molecule has 3 aromatic rings. The second-order valence-electron chi connectivity index (χ2n) is 5.69. The molecule has 3 aromatic heterocycles. The van der Waals surface area contributed by atoms with Crippen LogP contribution in [-0.2, 0) is 12.8 Å². The summed E-state index contributed by atoms with van der Waals surface area (Å²) in [5.41, 5.74) is 2.22. The number of aromatic nitrogens is 3. The van der Waals surface area contributed by atoms with Gasteiger partial charge in [-0.15, -0.1) is 23.1 Å². The van der Waals surface area contributed by atoms with Gasteiger partial charge in [-0.3, -0.25) is 10.1 Å². The first-order valence-electron chi connectivity index (χ1n) is 7.92. The number of carbonyl (C=O) groups excluding carboxylic acids is 1. The van der Waals surface area contributed by atoms with Gasteiger partial charge in [-0.1, -0.05) is 0 Å². The van der Waals surface area contributed by atoms with Crippen molar-refractivity contribution in [1.82, 2.24) is 15.0 Å². The van der Waals surface area contributed by atoms with E-state index < -0.39 is 0 Å². The van der Waals surface area contributed by atoms with E-state index in [1.54, 1.807) is 29.7 Å². The van der Waals surface area contributed by atoms with E-state index >= 15 is 0 Å². The van der Waals surface area contributed by atoms with E-state index in [0.717, 1.165) is 25.0 Å². The number of carbonyl (C=O) groups is 1. The van der Waals surface area contributed by atoms with E-state index in [4.69, 9.17) is 4.42 Å². The van der Waals surface area contributed by atoms with Crippen molar-refractivity contribution in [3.63, 3.8) is 0 Å². The highest BCUT2D eigenvalue weighted by Crippen LogP contribution is 2.31. The van der Waals surface area contributed by atoms with Crippen molar-refractivity contribution in [1.29, 1.82) is 0 Å². The van der Waals surface area contributed by atoms with Crippen molar-refractivity contribution < 1.29 is 9.21 Å². The van der Waals surface area contributed by atoms with Gasteiger partial charge < -0.3 is 4.42 Å². The van der Waals surface area contributed by atoms with Crippen molar-refractivity contribution in [3.8, 4) is 11.6 Å². The van der Waals surface area contributed by atoms with Crippen LogP contribution < -0.4 is 5.32 Å². The zero-order valence-corrected chi connectivity index (χ0v) is 15.5. The van der Waals surface area contributed by atoms with Gasteiger partial charge in [0.25, 0.3) is 5.91 Å². The lowest BCUT2D eigenvalue weighted by molar-refractivity contribution is 0.102. The first-order chi connectivity index (χ1) is 12.2. The molecule has 1 N–H and O–H groups in total. The molecule has 0 saturated heterocycles. The second-order valence-corrected chi connectivity index (χ2v) is 7.57. The molecule has 0 saturated carbocycles. The van der Waals surface area contributed by atoms with Crippen molar-refractivity contribution in [2.45, 2.75) is 31.2 Å². The third-order valence-corrected chi connectivity index (χ3v) is 5.79. The van der Waals surface area contributed by atoms with Gasteiger partial charge in [0.05, 0.1) is 23.2 Å². The van der Waals surface area contributed by atoms with Crippen LogP contribution in [0.25, 0.3) is 11.6 Å². The zero-order chi connectivity index (χ0) is 17.4. The first-order valence-corrected chi connectivity index (χ1v) is 9.96. The monoisotopic (exact) mass is 372 g/mol. The molecule has 1 aliphatic carbocycles. The van der Waals surface area contributed by atoms with E-state index in [9.17, 15) is 4.79 Å². The highest BCUT2D eigenvalue weighted by molar-refractivity contribution is 7.98. The number of thiazole rings is 1. The fraction of sp³-hybridized carbons (Fsp3) is 0.294. The molecule has 0 radical (unpaired) electrons. The van der Waals surface area contributed by atoms with Crippen LogP contribution in [0.3, 0.4) is 0 Å². The van der Waals surface area contributed by atoms with Gasteiger partial charge in [-0.05, 0) is 44.6 Å². The number of fused-ring (bicyclic) bond motifs is 1. The summed E-state index contributed by atoms with van der Waals surface area (Å²) in [6.45, 7) is 1.81. The summed E-state index contributed by atoms with van der Waals surface area (Å²) in [5.74, 6) is 0.846. The van der Waals surface area contributed by atoms with Crippen LogP contribution in [0.15, 0.2) is 27.8 Å². The number of nitrogens with zero attached hydrogens (tertiary/aromatic N) is 3. The molecule has 8 heteroatoms. The van der Waals surface area contributed by atoms with E-state index in [1.165, 1.54) is 16.6 Å². The van der Waals surface area contributed by atoms with Gasteiger partial charge in [0.1, 0.15) is 5.03 Å². The summed E-state index contributed by atoms with van der Waals surface area (Å²) in [4.78, 5) is 27.5. The minimum absolute atomic E-state index is 0.222. The smallest absolute Gasteiger partial charge is 0.262 e. The molecular weight excluding hydrogens is 356 g/mol. The number of aryl methyl sites for hydroxylation is 3. The Morgan fingerprint density at radius 2 is 2.20 bits per heavy atom. The Morgan fingerprint density at radius 1 is 1.32 bits per heavy atom. The van der Waals surface area contributed by atoms with Crippen molar-refractivity contribution >= 4 is 34.1 Å². The van der Waals surface area contributed by atoms with Crippen LogP contribution in [0.5, 0.6) is 0 Å². The Morgan fingerprint density at radius 3 is 2.92 bits per heavy atom. The maximum Gasteiger partial charge on any atom is 0.262 e. The Kier molecular flexibility index (Phi) is 4.30. The number of nitrogens with one attached hydrogen (secondary N) is 1. The molecule has 1 aliphatic rings. The molecule has 0 bridgehead atoms. The fourth-order valence-corrected chi connectivity index (χ4v) is 4.54. The molecule has 6 nitrogen and oxygen atoms in total. The maximum atomic E-state index is 12.8. The van der Waals surface area contributed by atoms with Gasteiger partial charge in [-0.2, -0.15) is 0 Å². The van der Waals surface area contributed by atoms with Crippen LogP contribution in [0.2, 0.25) is 0 Å². The Bertz CT molecular complexity index is 913. The van der Waals surface area contributed by atoms with Crippen LogP contribution in [0.1, 0.15) is 33.0 Å². The molecule has 4 rings (SSSR count). The third-order valence-electron chi connectivity index (χ3n) is 4.03. The van der Waals surface area contributed by atoms with Gasteiger partial charge in [0.15, 0.2) is 16.7 Å². The molecule has 0 unspecified atom stereocenters. The van der Waals surface area contributed by atoms with Crippen molar-refractivity contribution in [2.24, 2.45) is 0 Å². The van der Waals surface area contributed by atoms with Crippen molar-refractivity contribution in [2.75, 3.05) is 11.6 Å². The van der Waals surface area contributed by atoms with E-state index in [2.05, 4.69) is 20.3 Å². The van der Waals surface area contributed by atoms with Gasteiger partial charge in [0.2, 0.25) is 0 Å². The van der Waals surface area contributed by atoms with E-state index in [-0.39, 0.29) is 5.91 Å². The Hall–Kier alpha value is -2.19. The number of rotatable bonds is 4. The SMILES string of the molecule is CSc1nc(-c2ccco2)nc(C)c1C(=O)Nc1nc2c(s1)CCC2. The standard InChI is InChI=1S/C17H16N4O2S2/c1-9-13(15(22)21-17-19-10-5-3-7-12(10)25-17)16(24-2)20-14(18-9)11-6-4-8-23-11/h4,6,8H,3,5,7H2,1-2H3,(H,19,21,22). The molecule has 1 amide bonds. The average molecular weight is 372 g/mol. The minimum atomic E-state index is -0.222. The molecule has 3 heterocycles. The molecule has 0 atom stereocenters. The summed E-state index contributed by atoms with van der Waals surface area (Å²) >= 11 is 2.97. The Balaban J connectivity index is 1.65. The molecule has 0 fully saturated rings. The summed E-state index contributed by atoms with van der Waals surface area (Å²) in [7, 11) is 0. The number of hydrogen-bond acceptors (Lipinski definition) is 7. The van der Waals surface area contributed by atoms with Crippen molar-refractivity contribution in [3.05, 3.63) is 40.2 Å². The number of thioether (sulfide) groups is 1. The molecular formula is C17H16N4O2S2. The summed E-state index contributed by atoms with van der Waals surface area (Å²) in [5, 5.41) is 4.18. The van der Waals surface area contributed by atoms with E-state index in [1.807, 2.05) is 13.2 Å². The highest BCUT2D eigenvalue weighted by atomic mass is 32.2. The Labute approximate surface area is 153 Å². The normalized spacial score (nSPS) is 13.0. The van der Waals surface area contributed by atoms with Gasteiger partial charge in [0, 0.05) is 4.88 Å².